The molecule has 0 fully saturated rings. The van der Waals surface area contributed by atoms with Crippen molar-refractivity contribution in [3.63, 3.8) is 0 Å². The predicted octanol–water partition coefficient (Wildman–Crippen LogP) is 5.50. The monoisotopic (exact) mass is 299 g/mol. The van der Waals surface area contributed by atoms with Crippen molar-refractivity contribution < 1.29 is 0 Å². The number of benzene rings is 1. The fourth-order valence-corrected chi connectivity index (χ4v) is 2.38. The molecule has 0 N–H and O–H groups in total. The summed E-state index contributed by atoms with van der Waals surface area (Å²) >= 11 is 29.7. The van der Waals surface area contributed by atoms with Crippen LogP contribution in [0.15, 0.2) is 12.3 Å². The van der Waals surface area contributed by atoms with Crippen LogP contribution in [0.25, 0.3) is 10.9 Å². The second-order valence-electron chi connectivity index (χ2n) is 2.80. The number of fused-ring (bicyclic) bond motifs is 1. The Morgan fingerprint density at radius 2 is 1.40 bits per heavy atom. The van der Waals surface area contributed by atoms with Crippen LogP contribution in [-0.2, 0) is 0 Å². The van der Waals surface area contributed by atoms with Gasteiger partial charge in [-0.05, 0) is 6.07 Å². The highest BCUT2D eigenvalue weighted by atomic mass is 35.5. The van der Waals surface area contributed by atoms with Gasteiger partial charge in [0.15, 0.2) is 0 Å². The molecule has 0 bridgehead atoms. The highest BCUT2D eigenvalue weighted by Crippen LogP contribution is 2.40. The zero-order chi connectivity index (χ0) is 11.2. The fourth-order valence-electron chi connectivity index (χ4n) is 1.21. The Balaban J connectivity index is 3.04. The molecule has 1 nitrogen and oxygen atoms in total. The molecule has 15 heavy (non-hydrogen) atoms. The van der Waals surface area contributed by atoms with E-state index in [9.17, 15) is 0 Å². The lowest BCUT2D eigenvalue weighted by Gasteiger charge is -2.07. The van der Waals surface area contributed by atoms with Gasteiger partial charge in [-0.1, -0.05) is 58.0 Å². The Morgan fingerprint density at radius 3 is 2.07 bits per heavy atom. The largest absolute Gasteiger partial charge is 0.253 e. The molecule has 0 saturated heterocycles. The normalized spacial score (nSPS) is 11.0. The molecule has 1 aromatic heterocycles. The van der Waals surface area contributed by atoms with Crippen molar-refractivity contribution in [3.8, 4) is 0 Å². The lowest BCUT2D eigenvalue weighted by atomic mass is 10.2. The van der Waals surface area contributed by atoms with Crippen molar-refractivity contribution >= 4 is 68.9 Å². The molecule has 0 saturated carbocycles. The van der Waals surface area contributed by atoms with Gasteiger partial charge in [0.2, 0.25) is 0 Å². The summed E-state index contributed by atoms with van der Waals surface area (Å²) in [6.45, 7) is 0. The van der Waals surface area contributed by atoms with E-state index < -0.39 is 0 Å². The van der Waals surface area contributed by atoms with E-state index in [1.54, 1.807) is 0 Å². The molecule has 2 aromatic rings. The van der Waals surface area contributed by atoms with Gasteiger partial charge < -0.3 is 0 Å². The first-order valence-corrected chi connectivity index (χ1v) is 5.68. The van der Waals surface area contributed by atoms with Gasteiger partial charge in [-0.15, -0.1) is 0 Å². The van der Waals surface area contributed by atoms with Crippen molar-refractivity contribution in [2.45, 2.75) is 0 Å². The van der Waals surface area contributed by atoms with Gasteiger partial charge in [0.25, 0.3) is 0 Å². The van der Waals surface area contributed by atoms with E-state index in [4.69, 9.17) is 58.0 Å². The Bertz CT molecular complexity index is 544. The summed E-state index contributed by atoms with van der Waals surface area (Å²) in [6.07, 6.45) is 1.42. The smallest absolute Gasteiger partial charge is 0.0920 e. The van der Waals surface area contributed by atoms with Gasteiger partial charge in [0.05, 0.1) is 30.6 Å². The molecule has 0 aliphatic carbocycles. The third-order valence-electron chi connectivity index (χ3n) is 1.88. The summed E-state index contributed by atoms with van der Waals surface area (Å²) in [5.41, 5.74) is 0.487. The average Bonchev–Trinajstić information content (AvgIpc) is 2.19. The molecule has 0 aliphatic rings. The predicted molar refractivity (Wildman–Crippen MR) is 66.8 cm³/mol. The number of nitrogens with zero attached hydrogens (tertiary/aromatic N) is 1. The van der Waals surface area contributed by atoms with E-state index in [0.29, 0.717) is 36.0 Å². The van der Waals surface area contributed by atoms with E-state index in [-0.39, 0.29) is 0 Å². The van der Waals surface area contributed by atoms with Crippen molar-refractivity contribution in [2.75, 3.05) is 0 Å². The molecular weight excluding hydrogens is 299 g/mol. The van der Waals surface area contributed by atoms with Crippen molar-refractivity contribution in [1.82, 2.24) is 4.98 Å². The van der Waals surface area contributed by atoms with Gasteiger partial charge in [-0.3, -0.25) is 4.98 Å². The number of aromatic nitrogens is 1. The number of halogens is 5. The van der Waals surface area contributed by atoms with Gasteiger partial charge in [-0.25, -0.2) is 0 Å². The molecule has 2 rings (SSSR count). The standard InChI is InChI=1S/C9H2Cl5N/c10-3-1-4(11)9-6(7(3)13)8(14)5(12)2-15-9/h1-2H. The second-order valence-corrected chi connectivity index (χ2v) is 4.78. The average molecular weight is 301 g/mol. The Labute approximate surface area is 111 Å². The zero-order valence-corrected chi connectivity index (χ0v) is 10.8. The van der Waals surface area contributed by atoms with Gasteiger partial charge in [0, 0.05) is 11.6 Å². The van der Waals surface area contributed by atoms with E-state index >= 15 is 0 Å². The molecule has 0 unspecified atom stereocenters. The third-order valence-corrected chi connectivity index (χ3v) is 3.73. The third kappa shape index (κ3) is 1.88. The van der Waals surface area contributed by atoms with Crippen LogP contribution < -0.4 is 0 Å². The quantitative estimate of drug-likeness (QED) is 0.585. The second kappa shape index (κ2) is 4.15. The number of hydrogen-bond donors (Lipinski definition) is 0. The summed E-state index contributed by atoms with van der Waals surface area (Å²) < 4.78 is 0. The first-order chi connectivity index (χ1) is 7.02. The van der Waals surface area contributed by atoms with Crippen LogP contribution in [0.3, 0.4) is 0 Å². The lowest BCUT2D eigenvalue weighted by molar-refractivity contribution is 1.41. The topological polar surface area (TPSA) is 12.9 Å². The van der Waals surface area contributed by atoms with E-state index in [2.05, 4.69) is 4.98 Å². The molecular formula is C9H2Cl5N. The molecule has 78 valence electrons. The maximum atomic E-state index is 6.00. The highest BCUT2D eigenvalue weighted by molar-refractivity contribution is 6.52. The Kier molecular flexibility index (Phi) is 3.20. The fraction of sp³-hybridized carbons (Fsp3) is 0. The zero-order valence-electron chi connectivity index (χ0n) is 6.99. The van der Waals surface area contributed by atoms with E-state index in [1.165, 1.54) is 12.3 Å². The summed E-state index contributed by atoms with van der Waals surface area (Å²) in [5, 5.41) is 2.10. The van der Waals surface area contributed by atoms with Crippen LogP contribution in [0.1, 0.15) is 0 Å². The number of hydrogen-bond acceptors (Lipinski definition) is 1. The van der Waals surface area contributed by atoms with Gasteiger partial charge >= 0.3 is 0 Å². The summed E-state index contributed by atoms with van der Waals surface area (Å²) in [5.74, 6) is 0. The van der Waals surface area contributed by atoms with Crippen LogP contribution in [0.2, 0.25) is 25.1 Å². The van der Waals surface area contributed by atoms with E-state index in [0.717, 1.165) is 0 Å². The van der Waals surface area contributed by atoms with Gasteiger partial charge in [-0.2, -0.15) is 0 Å². The van der Waals surface area contributed by atoms with E-state index in [1.807, 2.05) is 0 Å². The summed E-state index contributed by atoms with van der Waals surface area (Å²) in [4.78, 5) is 4.05. The van der Waals surface area contributed by atoms with Crippen LogP contribution in [0, 0.1) is 0 Å². The molecule has 0 atom stereocenters. The summed E-state index contributed by atoms with van der Waals surface area (Å²) in [6, 6.07) is 1.52. The minimum atomic E-state index is 0.302. The first kappa shape index (κ1) is 11.6. The molecule has 0 spiro atoms. The SMILES string of the molecule is Clc1cnc2c(Cl)cc(Cl)c(Cl)c2c1Cl. The molecule has 1 heterocycles. The Hall–Kier alpha value is 0.0800. The lowest BCUT2D eigenvalue weighted by Crippen LogP contribution is -1.85. The van der Waals surface area contributed by atoms with Crippen LogP contribution in [-0.4, -0.2) is 4.98 Å². The number of pyridine rings is 1. The molecule has 0 amide bonds. The Morgan fingerprint density at radius 1 is 0.800 bits per heavy atom. The maximum Gasteiger partial charge on any atom is 0.0920 e. The molecule has 0 aliphatic heterocycles. The molecule has 1 aromatic carbocycles. The van der Waals surface area contributed by atoms with Gasteiger partial charge in [0.1, 0.15) is 0 Å². The number of rotatable bonds is 0. The first-order valence-electron chi connectivity index (χ1n) is 3.79. The molecule has 0 radical (unpaired) electrons. The van der Waals surface area contributed by atoms with Crippen molar-refractivity contribution in [2.24, 2.45) is 0 Å². The van der Waals surface area contributed by atoms with Crippen LogP contribution in [0.4, 0.5) is 0 Å². The van der Waals surface area contributed by atoms with Crippen LogP contribution in [0.5, 0.6) is 0 Å². The van der Waals surface area contributed by atoms with Crippen LogP contribution >= 0.6 is 58.0 Å². The highest BCUT2D eigenvalue weighted by Gasteiger charge is 2.14. The van der Waals surface area contributed by atoms with Crippen molar-refractivity contribution in [3.05, 3.63) is 37.4 Å². The molecule has 6 heteroatoms. The maximum absolute atomic E-state index is 6.00. The van der Waals surface area contributed by atoms with Crippen molar-refractivity contribution in [1.29, 1.82) is 0 Å². The minimum Gasteiger partial charge on any atom is -0.253 e. The minimum absolute atomic E-state index is 0.302. The summed E-state index contributed by atoms with van der Waals surface area (Å²) in [7, 11) is 0.